The Kier molecular flexibility index (Phi) is 4.30. The monoisotopic (exact) mass is 374 g/mol. The molecule has 0 fully saturated rings. The summed E-state index contributed by atoms with van der Waals surface area (Å²) in [5, 5.41) is 14.5. The van der Waals surface area contributed by atoms with E-state index in [1.54, 1.807) is 24.5 Å². The summed E-state index contributed by atoms with van der Waals surface area (Å²) in [6.45, 7) is 10.8. The van der Waals surface area contributed by atoms with Crippen molar-refractivity contribution < 1.29 is 14.7 Å². The van der Waals surface area contributed by atoms with Crippen LogP contribution in [0.5, 0.6) is 0 Å². The molecule has 0 bridgehead atoms. The minimum atomic E-state index is -1.09. The second-order valence-corrected chi connectivity index (χ2v) is 8.94. The molecular weight excluding hydrogens is 348 g/mol. The Balaban J connectivity index is 2.27. The van der Waals surface area contributed by atoms with Crippen molar-refractivity contribution in [3.63, 3.8) is 0 Å². The molecule has 2 aromatic heterocycles. The molecule has 2 aromatic rings. The molecule has 0 saturated heterocycles. The molecule has 0 saturated carbocycles. The summed E-state index contributed by atoms with van der Waals surface area (Å²) in [6.07, 6.45) is 0. The van der Waals surface area contributed by atoms with Gasteiger partial charge in [0.15, 0.2) is 0 Å². The van der Waals surface area contributed by atoms with Gasteiger partial charge in [0.1, 0.15) is 17.1 Å². The van der Waals surface area contributed by atoms with Gasteiger partial charge in [-0.05, 0) is 20.8 Å². The van der Waals surface area contributed by atoms with Gasteiger partial charge in [-0.1, -0.05) is 20.8 Å². The summed E-state index contributed by atoms with van der Waals surface area (Å²) < 4.78 is 2.86. The molecule has 1 N–H and O–H groups in total. The van der Waals surface area contributed by atoms with E-state index in [4.69, 9.17) is 0 Å². The van der Waals surface area contributed by atoms with Crippen molar-refractivity contribution in [3.8, 4) is 0 Å². The number of amides is 1. The van der Waals surface area contributed by atoms with Crippen molar-refractivity contribution in [2.45, 2.75) is 65.6 Å². The Morgan fingerprint density at radius 2 is 1.85 bits per heavy atom. The molecule has 0 aromatic carbocycles. The fourth-order valence-electron chi connectivity index (χ4n) is 3.36. The summed E-state index contributed by atoms with van der Waals surface area (Å²) >= 11 is 0. The van der Waals surface area contributed by atoms with Crippen molar-refractivity contribution >= 4 is 17.3 Å². The summed E-state index contributed by atoms with van der Waals surface area (Å²) in [7, 11) is 0. The smallest absolute Gasteiger partial charge is 0.280 e. The molecule has 0 radical (unpaired) electrons. The first-order chi connectivity index (χ1) is 12.3. The normalized spacial score (nSPS) is 14.9. The molecule has 146 valence electrons. The Morgan fingerprint density at radius 1 is 1.22 bits per heavy atom. The van der Waals surface area contributed by atoms with Crippen LogP contribution in [0.4, 0.5) is 0 Å². The molecule has 3 heterocycles. The molecule has 0 atom stereocenters. The van der Waals surface area contributed by atoms with Crippen LogP contribution in [0, 0.1) is 0 Å². The average Bonchev–Trinajstić information content (AvgIpc) is 3.05. The van der Waals surface area contributed by atoms with Gasteiger partial charge >= 0.3 is 0 Å². The zero-order valence-corrected chi connectivity index (χ0v) is 16.7. The van der Waals surface area contributed by atoms with Gasteiger partial charge in [0, 0.05) is 18.0 Å². The summed E-state index contributed by atoms with van der Waals surface area (Å²) in [5.41, 5.74) is -0.0749. The highest BCUT2D eigenvalue weighted by Crippen LogP contribution is 2.26. The van der Waals surface area contributed by atoms with Crippen molar-refractivity contribution in [3.05, 3.63) is 33.4 Å². The number of Topliss-reactive ketones (excluding diaryl/α,β-unsaturated/α-hetero) is 1. The fraction of sp³-hybridized carbons (Fsp3) is 0.579. The molecule has 1 aliphatic rings. The van der Waals surface area contributed by atoms with Crippen LogP contribution < -0.4 is 5.56 Å². The molecule has 1 aliphatic heterocycles. The van der Waals surface area contributed by atoms with Crippen LogP contribution in [-0.4, -0.2) is 48.0 Å². The predicted octanol–water partition coefficient (Wildman–Crippen LogP) is 1.11. The number of ketones is 1. The molecular formula is C19H26N4O4. The van der Waals surface area contributed by atoms with E-state index in [1.807, 2.05) is 20.8 Å². The van der Waals surface area contributed by atoms with Gasteiger partial charge in [-0.25, -0.2) is 0 Å². The molecule has 0 unspecified atom stereocenters. The van der Waals surface area contributed by atoms with E-state index < -0.39 is 5.60 Å². The van der Waals surface area contributed by atoms with Gasteiger partial charge in [0.2, 0.25) is 0 Å². The van der Waals surface area contributed by atoms with Crippen molar-refractivity contribution in [2.24, 2.45) is 0 Å². The SMILES string of the molecule is CC(=O)Cn1c2c(c(=O)n3nc(C(C)(C)C)cc13)CN(CC(C)(C)O)C2=O. The predicted molar refractivity (Wildman–Crippen MR) is 99.9 cm³/mol. The van der Waals surface area contributed by atoms with Gasteiger partial charge in [-0.2, -0.15) is 9.61 Å². The Hall–Kier alpha value is -2.48. The second kappa shape index (κ2) is 6.02. The van der Waals surface area contributed by atoms with Gasteiger partial charge in [0.25, 0.3) is 11.5 Å². The number of rotatable bonds is 4. The molecule has 8 heteroatoms. The molecule has 1 amide bonds. The number of nitrogens with zero attached hydrogens (tertiary/aromatic N) is 4. The maximum absolute atomic E-state index is 13.0. The second-order valence-electron chi connectivity index (χ2n) is 8.94. The standard InChI is InChI=1S/C19H26N4O4/c1-11(24)8-22-14-7-13(18(2,3)4)20-23(14)16(25)12-9-21(10-19(5,6)27)17(26)15(12)22/h7,27H,8-10H2,1-6H3. The number of aromatic nitrogens is 3. The number of hydrogen-bond acceptors (Lipinski definition) is 5. The fourth-order valence-corrected chi connectivity index (χ4v) is 3.36. The quantitative estimate of drug-likeness (QED) is 0.865. The number of carbonyl (C=O) groups is 2. The Morgan fingerprint density at radius 3 is 2.37 bits per heavy atom. The van der Waals surface area contributed by atoms with Crippen molar-refractivity contribution in [1.82, 2.24) is 19.1 Å². The van der Waals surface area contributed by atoms with Gasteiger partial charge in [-0.15, -0.1) is 0 Å². The molecule has 0 aliphatic carbocycles. The van der Waals surface area contributed by atoms with Crippen LogP contribution in [0.15, 0.2) is 10.9 Å². The van der Waals surface area contributed by atoms with E-state index in [2.05, 4.69) is 5.10 Å². The molecule has 27 heavy (non-hydrogen) atoms. The third-order valence-corrected chi connectivity index (χ3v) is 4.54. The third kappa shape index (κ3) is 3.41. The van der Waals surface area contributed by atoms with Crippen LogP contribution in [-0.2, 0) is 23.3 Å². The highest BCUT2D eigenvalue weighted by molar-refractivity contribution is 5.97. The van der Waals surface area contributed by atoms with Crippen molar-refractivity contribution in [1.29, 1.82) is 0 Å². The van der Waals surface area contributed by atoms with Crippen LogP contribution >= 0.6 is 0 Å². The third-order valence-electron chi connectivity index (χ3n) is 4.54. The van der Waals surface area contributed by atoms with Crippen LogP contribution in [0.25, 0.3) is 5.65 Å². The minimum absolute atomic E-state index is 0.0243. The summed E-state index contributed by atoms with van der Waals surface area (Å²) in [6, 6.07) is 1.76. The van der Waals surface area contributed by atoms with Gasteiger partial charge in [0.05, 0.1) is 29.9 Å². The number of aliphatic hydroxyl groups is 1. The lowest BCUT2D eigenvalue weighted by atomic mass is 9.92. The van der Waals surface area contributed by atoms with Crippen molar-refractivity contribution in [2.75, 3.05) is 6.54 Å². The first kappa shape index (κ1) is 19.3. The lowest BCUT2D eigenvalue weighted by Gasteiger charge is -2.24. The number of fused-ring (bicyclic) bond motifs is 2. The van der Waals surface area contributed by atoms with Crippen LogP contribution in [0.3, 0.4) is 0 Å². The number of carbonyl (C=O) groups excluding carboxylic acids is 2. The van der Waals surface area contributed by atoms with E-state index in [1.165, 1.54) is 16.3 Å². The lowest BCUT2D eigenvalue weighted by molar-refractivity contribution is -0.117. The Bertz CT molecular complexity index is 1000. The Labute approximate surface area is 157 Å². The first-order valence-corrected chi connectivity index (χ1v) is 8.96. The molecule has 3 rings (SSSR count). The minimum Gasteiger partial charge on any atom is -0.389 e. The number of β-amino-alcohol motifs (C(OH)–C–C–N with tert-alkyl or cyclic N) is 1. The van der Waals surface area contributed by atoms with Gasteiger partial charge in [-0.3, -0.25) is 14.4 Å². The van der Waals surface area contributed by atoms with E-state index >= 15 is 0 Å². The van der Waals surface area contributed by atoms with E-state index in [-0.39, 0.29) is 48.0 Å². The lowest BCUT2D eigenvalue weighted by Crippen LogP contribution is -2.39. The molecule has 0 spiro atoms. The average molecular weight is 374 g/mol. The summed E-state index contributed by atoms with van der Waals surface area (Å²) in [5.74, 6) is -0.485. The number of hydrogen-bond donors (Lipinski definition) is 1. The van der Waals surface area contributed by atoms with Gasteiger partial charge < -0.3 is 14.6 Å². The van der Waals surface area contributed by atoms with E-state index in [9.17, 15) is 19.5 Å². The maximum atomic E-state index is 13.0. The van der Waals surface area contributed by atoms with Crippen LogP contribution in [0.2, 0.25) is 0 Å². The zero-order valence-electron chi connectivity index (χ0n) is 16.7. The highest BCUT2D eigenvalue weighted by atomic mass is 16.3. The highest BCUT2D eigenvalue weighted by Gasteiger charge is 2.37. The zero-order chi connectivity index (χ0) is 20.3. The van der Waals surface area contributed by atoms with Crippen LogP contribution in [0.1, 0.15) is 63.3 Å². The van der Waals surface area contributed by atoms with E-state index in [0.717, 1.165) is 0 Å². The maximum Gasteiger partial charge on any atom is 0.280 e. The van der Waals surface area contributed by atoms with E-state index in [0.29, 0.717) is 16.9 Å². The largest absolute Gasteiger partial charge is 0.389 e. The topological polar surface area (TPSA) is 96.9 Å². The first-order valence-electron chi connectivity index (χ1n) is 8.96. The summed E-state index contributed by atoms with van der Waals surface area (Å²) in [4.78, 5) is 39.3. The molecule has 8 nitrogen and oxygen atoms in total.